The van der Waals surface area contributed by atoms with Crippen LogP contribution in [0.5, 0.6) is 0 Å². The maximum absolute atomic E-state index is 13.1. The quantitative estimate of drug-likeness (QED) is 0.843. The summed E-state index contributed by atoms with van der Waals surface area (Å²) in [5.74, 6) is 2.64. The van der Waals surface area contributed by atoms with Crippen molar-refractivity contribution in [3.63, 3.8) is 0 Å². The zero-order chi connectivity index (χ0) is 16.8. The Morgan fingerprint density at radius 1 is 1.04 bits per heavy atom. The molecule has 1 aliphatic heterocycles. The van der Waals surface area contributed by atoms with Gasteiger partial charge in [0, 0.05) is 24.3 Å². The second-order valence-electron chi connectivity index (χ2n) is 7.99. The van der Waals surface area contributed by atoms with E-state index in [-0.39, 0.29) is 5.91 Å². The highest BCUT2D eigenvalue weighted by Gasteiger charge is 2.47. The zero-order valence-electron chi connectivity index (χ0n) is 14.4. The second kappa shape index (κ2) is 5.97. The van der Waals surface area contributed by atoms with Crippen molar-refractivity contribution in [2.75, 3.05) is 6.54 Å². The highest BCUT2D eigenvalue weighted by atomic mass is 16.2. The summed E-state index contributed by atoms with van der Waals surface area (Å²) in [5.41, 5.74) is 1.96. The standard InChI is InChI=1S/C20H24N4O/c25-20(17-3-1-14(2-4-17)12-23-10-9-21-22-23)24-13-18(15-5-6-15)11-19(24)16-7-8-16/h1-4,9-10,15-16,18-19H,5-8,11-13H2/t18-,19-/m1/s1. The summed E-state index contributed by atoms with van der Waals surface area (Å²) < 4.78 is 1.79. The van der Waals surface area contributed by atoms with Gasteiger partial charge in [-0.2, -0.15) is 0 Å². The molecule has 5 nitrogen and oxygen atoms in total. The van der Waals surface area contributed by atoms with Crippen LogP contribution in [0.2, 0.25) is 0 Å². The molecule has 1 saturated heterocycles. The first-order valence-corrected chi connectivity index (χ1v) is 9.52. The molecule has 0 bridgehead atoms. The van der Waals surface area contributed by atoms with E-state index in [1.54, 1.807) is 10.9 Å². The van der Waals surface area contributed by atoms with Crippen LogP contribution in [-0.4, -0.2) is 38.4 Å². The van der Waals surface area contributed by atoms with Crippen LogP contribution in [0.15, 0.2) is 36.7 Å². The smallest absolute Gasteiger partial charge is 0.254 e. The lowest BCUT2D eigenvalue weighted by atomic mass is 9.98. The van der Waals surface area contributed by atoms with E-state index < -0.39 is 0 Å². The Hall–Kier alpha value is -2.17. The maximum Gasteiger partial charge on any atom is 0.254 e. The first-order valence-electron chi connectivity index (χ1n) is 9.52. The van der Waals surface area contributed by atoms with Crippen molar-refractivity contribution in [1.29, 1.82) is 0 Å². The molecule has 0 spiro atoms. The minimum Gasteiger partial charge on any atom is -0.335 e. The summed E-state index contributed by atoms with van der Waals surface area (Å²) in [5, 5.41) is 7.82. The first-order chi connectivity index (χ1) is 12.3. The molecule has 2 aliphatic carbocycles. The molecule has 0 N–H and O–H groups in total. The minimum absolute atomic E-state index is 0.229. The molecule has 0 unspecified atom stereocenters. The molecule has 1 amide bonds. The number of aromatic nitrogens is 3. The van der Waals surface area contributed by atoms with Crippen molar-refractivity contribution in [2.45, 2.75) is 44.7 Å². The molecule has 2 saturated carbocycles. The Morgan fingerprint density at radius 3 is 2.44 bits per heavy atom. The topological polar surface area (TPSA) is 51.0 Å². The van der Waals surface area contributed by atoms with Crippen LogP contribution >= 0.6 is 0 Å². The molecule has 130 valence electrons. The monoisotopic (exact) mass is 336 g/mol. The van der Waals surface area contributed by atoms with Crippen LogP contribution in [0.3, 0.4) is 0 Å². The molecule has 1 aromatic carbocycles. The average Bonchev–Trinajstić information content (AvgIpc) is 3.57. The van der Waals surface area contributed by atoms with E-state index in [1.807, 2.05) is 30.5 Å². The van der Waals surface area contributed by atoms with E-state index in [4.69, 9.17) is 0 Å². The minimum atomic E-state index is 0.229. The molecule has 5 heteroatoms. The number of likely N-dealkylation sites (tertiary alicyclic amines) is 1. The number of hydrogen-bond donors (Lipinski definition) is 0. The number of nitrogens with zero attached hydrogens (tertiary/aromatic N) is 4. The number of rotatable bonds is 5. The summed E-state index contributed by atoms with van der Waals surface area (Å²) in [6, 6.07) is 8.52. The summed E-state index contributed by atoms with van der Waals surface area (Å²) in [7, 11) is 0. The van der Waals surface area contributed by atoms with Crippen molar-refractivity contribution < 1.29 is 4.79 Å². The van der Waals surface area contributed by atoms with Crippen LogP contribution in [0.1, 0.15) is 48.0 Å². The summed E-state index contributed by atoms with van der Waals surface area (Å²) >= 11 is 0. The predicted molar refractivity (Wildman–Crippen MR) is 93.9 cm³/mol. The van der Waals surface area contributed by atoms with Gasteiger partial charge in [0.2, 0.25) is 0 Å². The third-order valence-corrected chi connectivity index (χ3v) is 6.11. The fourth-order valence-corrected chi connectivity index (χ4v) is 4.39. The highest BCUT2D eigenvalue weighted by Crippen LogP contribution is 2.48. The average molecular weight is 336 g/mol. The third kappa shape index (κ3) is 3.08. The number of benzene rings is 1. The molecule has 5 rings (SSSR count). The van der Waals surface area contributed by atoms with E-state index in [1.165, 1.54) is 32.1 Å². The molecule has 2 atom stereocenters. The lowest BCUT2D eigenvalue weighted by Gasteiger charge is -2.24. The fourth-order valence-electron chi connectivity index (χ4n) is 4.39. The SMILES string of the molecule is O=C(c1ccc(Cn2ccnn2)cc1)N1C[C@H](C2CC2)C[C@@H]1C1CC1. The van der Waals surface area contributed by atoms with Gasteiger partial charge in [0.05, 0.1) is 12.7 Å². The van der Waals surface area contributed by atoms with E-state index in [9.17, 15) is 4.79 Å². The van der Waals surface area contributed by atoms with Crippen LogP contribution in [-0.2, 0) is 6.54 Å². The van der Waals surface area contributed by atoms with Gasteiger partial charge in [-0.3, -0.25) is 4.79 Å². The third-order valence-electron chi connectivity index (χ3n) is 6.11. The molecule has 3 aliphatic rings. The number of carbonyl (C=O) groups is 1. The summed E-state index contributed by atoms with van der Waals surface area (Å²) in [6.07, 6.45) is 10.1. The van der Waals surface area contributed by atoms with Crippen LogP contribution in [0.25, 0.3) is 0 Å². The second-order valence-corrected chi connectivity index (χ2v) is 7.99. The zero-order valence-corrected chi connectivity index (χ0v) is 14.4. The molecule has 0 radical (unpaired) electrons. The molecule has 25 heavy (non-hydrogen) atoms. The Morgan fingerprint density at radius 2 is 1.80 bits per heavy atom. The van der Waals surface area contributed by atoms with Crippen molar-refractivity contribution >= 4 is 5.91 Å². The Kier molecular flexibility index (Phi) is 3.61. The first kappa shape index (κ1) is 15.1. The highest BCUT2D eigenvalue weighted by molar-refractivity contribution is 5.94. The van der Waals surface area contributed by atoms with Gasteiger partial charge in [-0.15, -0.1) is 5.10 Å². The Balaban J connectivity index is 1.30. The molecular formula is C20H24N4O. The Labute approximate surface area is 148 Å². The number of carbonyl (C=O) groups excluding carboxylic acids is 1. The van der Waals surface area contributed by atoms with E-state index in [0.29, 0.717) is 12.6 Å². The predicted octanol–water partition coefficient (Wildman–Crippen LogP) is 2.98. The summed E-state index contributed by atoms with van der Waals surface area (Å²) in [6.45, 7) is 1.66. The molecule has 2 aromatic rings. The fraction of sp³-hybridized carbons (Fsp3) is 0.550. The van der Waals surface area contributed by atoms with Crippen molar-refractivity contribution in [1.82, 2.24) is 19.9 Å². The van der Waals surface area contributed by atoms with E-state index in [0.717, 1.165) is 35.4 Å². The maximum atomic E-state index is 13.1. The van der Waals surface area contributed by atoms with E-state index >= 15 is 0 Å². The van der Waals surface area contributed by atoms with Crippen LogP contribution < -0.4 is 0 Å². The van der Waals surface area contributed by atoms with Crippen molar-refractivity contribution in [3.05, 3.63) is 47.8 Å². The molecule has 2 heterocycles. The van der Waals surface area contributed by atoms with Crippen molar-refractivity contribution in [3.8, 4) is 0 Å². The lowest BCUT2D eigenvalue weighted by Crippen LogP contribution is -2.37. The summed E-state index contributed by atoms with van der Waals surface area (Å²) in [4.78, 5) is 15.3. The van der Waals surface area contributed by atoms with Gasteiger partial charge >= 0.3 is 0 Å². The van der Waals surface area contributed by atoms with Gasteiger partial charge in [-0.1, -0.05) is 17.3 Å². The van der Waals surface area contributed by atoms with E-state index in [2.05, 4.69) is 15.2 Å². The molecule has 3 fully saturated rings. The number of amides is 1. The lowest BCUT2D eigenvalue weighted by molar-refractivity contribution is 0.0716. The molecule has 1 aromatic heterocycles. The van der Waals surface area contributed by atoms with Gasteiger partial charge in [-0.05, 0) is 67.6 Å². The van der Waals surface area contributed by atoms with Gasteiger partial charge < -0.3 is 4.90 Å². The van der Waals surface area contributed by atoms with Gasteiger partial charge in [-0.25, -0.2) is 4.68 Å². The number of hydrogen-bond acceptors (Lipinski definition) is 3. The largest absolute Gasteiger partial charge is 0.335 e. The Bertz CT molecular complexity index is 747. The van der Waals surface area contributed by atoms with Gasteiger partial charge in [0.1, 0.15) is 0 Å². The van der Waals surface area contributed by atoms with Gasteiger partial charge in [0.25, 0.3) is 5.91 Å². The van der Waals surface area contributed by atoms with Crippen LogP contribution in [0, 0.1) is 17.8 Å². The normalized spacial score (nSPS) is 26.2. The van der Waals surface area contributed by atoms with Crippen LogP contribution in [0.4, 0.5) is 0 Å². The van der Waals surface area contributed by atoms with Crippen molar-refractivity contribution in [2.24, 2.45) is 17.8 Å². The van der Waals surface area contributed by atoms with Gasteiger partial charge in [0.15, 0.2) is 0 Å². The molecular weight excluding hydrogens is 312 g/mol.